The number of methoxy groups -OCH3 is 1. The van der Waals surface area contributed by atoms with Crippen molar-refractivity contribution in [2.45, 2.75) is 23.3 Å². The maximum absolute atomic E-state index is 5.36. The summed E-state index contributed by atoms with van der Waals surface area (Å²) >= 11 is 1.61. The number of aromatic nitrogens is 1. The molecule has 0 bridgehead atoms. The number of rotatable bonds is 9. The van der Waals surface area contributed by atoms with Crippen LogP contribution in [0, 0.1) is 0 Å². The minimum atomic E-state index is 0.795. The zero-order chi connectivity index (χ0) is 22.3. The number of anilines is 2. The standard InChI is InChI=1S/C27H27N3OS/c1-4-16-28-25-15-8-7-13-23(25)19(2)29-27-24-14-6-5-10-20(24)17-26(30-27)32-22-12-9-11-21(18-22)31-3/h5-15,17-18,28H,2,4,16H2,1,3H3,(H,29,30). The molecule has 32 heavy (non-hydrogen) atoms. The van der Waals surface area contributed by atoms with Gasteiger partial charge in [-0.15, -0.1) is 0 Å². The summed E-state index contributed by atoms with van der Waals surface area (Å²) in [5, 5.41) is 10.1. The lowest BCUT2D eigenvalue weighted by molar-refractivity contribution is 0.413. The molecular formula is C27H27N3OS. The van der Waals surface area contributed by atoms with Crippen molar-refractivity contribution in [2.24, 2.45) is 0 Å². The highest BCUT2D eigenvalue weighted by molar-refractivity contribution is 7.99. The van der Waals surface area contributed by atoms with Gasteiger partial charge >= 0.3 is 0 Å². The highest BCUT2D eigenvalue weighted by atomic mass is 32.2. The van der Waals surface area contributed by atoms with Crippen molar-refractivity contribution in [1.82, 2.24) is 4.98 Å². The number of nitrogens with one attached hydrogen (secondary N) is 2. The fourth-order valence-electron chi connectivity index (χ4n) is 3.48. The van der Waals surface area contributed by atoms with E-state index in [1.165, 1.54) is 0 Å². The summed E-state index contributed by atoms with van der Waals surface area (Å²) in [6.07, 6.45) is 1.06. The average Bonchev–Trinajstić information content (AvgIpc) is 2.83. The van der Waals surface area contributed by atoms with Crippen LogP contribution in [-0.4, -0.2) is 18.6 Å². The van der Waals surface area contributed by atoms with Gasteiger partial charge in [0.2, 0.25) is 0 Å². The average molecular weight is 442 g/mol. The number of hydrogen-bond donors (Lipinski definition) is 2. The third-order valence-electron chi connectivity index (χ3n) is 5.07. The van der Waals surface area contributed by atoms with E-state index in [4.69, 9.17) is 9.72 Å². The first kappa shape index (κ1) is 21.8. The molecule has 0 fully saturated rings. The molecule has 0 amide bonds. The van der Waals surface area contributed by atoms with Gasteiger partial charge in [0.1, 0.15) is 16.6 Å². The van der Waals surface area contributed by atoms with Crippen LogP contribution in [0.3, 0.4) is 0 Å². The predicted octanol–water partition coefficient (Wildman–Crippen LogP) is 7.30. The highest BCUT2D eigenvalue weighted by Crippen LogP contribution is 2.34. The molecule has 4 aromatic rings. The first-order valence-electron chi connectivity index (χ1n) is 10.7. The van der Waals surface area contributed by atoms with Gasteiger partial charge in [-0.3, -0.25) is 0 Å². The Hall–Kier alpha value is -3.44. The molecule has 5 heteroatoms. The summed E-state index contributed by atoms with van der Waals surface area (Å²) in [5.41, 5.74) is 2.92. The molecule has 0 saturated carbocycles. The quantitative estimate of drug-likeness (QED) is 0.285. The van der Waals surface area contributed by atoms with E-state index in [1.54, 1.807) is 18.9 Å². The first-order valence-corrected chi connectivity index (χ1v) is 11.5. The molecular weight excluding hydrogens is 414 g/mol. The highest BCUT2D eigenvalue weighted by Gasteiger charge is 2.11. The monoisotopic (exact) mass is 441 g/mol. The van der Waals surface area contributed by atoms with E-state index >= 15 is 0 Å². The summed E-state index contributed by atoms with van der Waals surface area (Å²) in [7, 11) is 1.68. The maximum atomic E-state index is 5.36. The molecule has 1 aromatic heterocycles. The fraction of sp³-hybridized carbons (Fsp3) is 0.148. The van der Waals surface area contributed by atoms with Crippen LogP contribution in [0.4, 0.5) is 11.5 Å². The molecule has 2 N–H and O–H groups in total. The predicted molar refractivity (Wildman–Crippen MR) is 137 cm³/mol. The van der Waals surface area contributed by atoms with Gasteiger partial charge in [0.25, 0.3) is 0 Å². The Morgan fingerprint density at radius 1 is 1.00 bits per heavy atom. The van der Waals surface area contributed by atoms with Crippen molar-refractivity contribution < 1.29 is 4.74 Å². The molecule has 4 rings (SSSR count). The van der Waals surface area contributed by atoms with E-state index in [0.717, 1.165) is 62.2 Å². The van der Waals surface area contributed by atoms with E-state index in [0.29, 0.717) is 0 Å². The Morgan fingerprint density at radius 2 is 1.81 bits per heavy atom. The Morgan fingerprint density at radius 3 is 2.66 bits per heavy atom. The lowest BCUT2D eigenvalue weighted by Crippen LogP contribution is -2.06. The lowest BCUT2D eigenvalue weighted by atomic mass is 10.1. The van der Waals surface area contributed by atoms with Crippen molar-refractivity contribution in [1.29, 1.82) is 0 Å². The number of para-hydroxylation sites is 1. The summed E-state index contributed by atoms with van der Waals surface area (Å²) in [6.45, 7) is 7.39. The van der Waals surface area contributed by atoms with Gasteiger partial charge in [0.15, 0.2) is 0 Å². The smallest absolute Gasteiger partial charge is 0.139 e. The van der Waals surface area contributed by atoms with E-state index in [9.17, 15) is 0 Å². The van der Waals surface area contributed by atoms with Gasteiger partial charge in [-0.2, -0.15) is 0 Å². The van der Waals surface area contributed by atoms with Gasteiger partial charge < -0.3 is 15.4 Å². The second-order valence-electron chi connectivity index (χ2n) is 7.39. The number of hydrogen-bond acceptors (Lipinski definition) is 5. The van der Waals surface area contributed by atoms with Crippen molar-refractivity contribution >= 4 is 39.7 Å². The van der Waals surface area contributed by atoms with Crippen LogP contribution in [0.15, 0.2) is 95.4 Å². The molecule has 0 atom stereocenters. The van der Waals surface area contributed by atoms with Crippen LogP contribution in [0.2, 0.25) is 0 Å². The molecule has 0 aliphatic rings. The van der Waals surface area contributed by atoms with Crippen LogP contribution in [0.1, 0.15) is 18.9 Å². The Labute approximate surface area is 193 Å². The molecule has 0 aliphatic carbocycles. The molecule has 4 nitrogen and oxygen atoms in total. The van der Waals surface area contributed by atoms with E-state index in [-0.39, 0.29) is 0 Å². The Kier molecular flexibility index (Phi) is 6.97. The zero-order valence-corrected chi connectivity index (χ0v) is 19.2. The maximum Gasteiger partial charge on any atom is 0.139 e. The SMILES string of the molecule is C=C(Nc1nc(Sc2cccc(OC)c2)cc2ccccc12)c1ccccc1NCCC. The number of benzene rings is 3. The molecule has 0 spiro atoms. The van der Waals surface area contributed by atoms with Crippen molar-refractivity contribution in [3.63, 3.8) is 0 Å². The third-order valence-corrected chi connectivity index (χ3v) is 5.98. The summed E-state index contributed by atoms with van der Waals surface area (Å²) < 4.78 is 5.36. The number of nitrogens with zero attached hydrogens (tertiary/aromatic N) is 1. The normalized spacial score (nSPS) is 10.7. The molecule has 1 heterocycles. The molecule has 162 valence electrons. The molecule has 0 saturated heterocycles. The van der Waals surface area contributed by atoms with E-state index in [2.05, 4.69) is 60.5 Å². The van der Waals surface area contributed by atoms with Gasteiger partial charge in [-0.05, 0) is 42.1 Å². The Balaban J connectivity index is 1.67. The van der Waals surface area contributed by atoms with Gasteiger partial charge in [0.05, 0.1) is 7.11 Å². The lowest BCUT2D eigenvalue weighted by Gasteiger charge is -2.16. The van der Waals surface area contributed by atoms with Crippen molar-refractivity contribution in [3.05, 3.63) is 91.0 Å². The number of ether oxygens (including phenoxy) is 1. The van der Waals surface area contributed by atoms with Gasteiger partial charge in [-0.1, -0.05) is 73.8 Å². The van der Waals surface area contributed by atoms with Crippen molar-refractivity contribution in [2.75, 3.05) is 24.3 Å². The van der Waals surface area contributed by atoms with Crippen LogP contribution in [-0.2, 0) is 0 Å². The van der Waals surface area contributed by atoms with Crippen LogP contribution < -0.4 is 15.4 Å². The first-order chi connectivity index (χ1) is 15.7. The van der Waals surface area contributed by atoms with Crippen LogP contribution in [0.5, 0.6) is 5.75 Å². The minimum absolute atomic E-state index is 0.795. The second-order valence-corrected chi connectivity index (χ2v) is 8.48. The topological polar surface area (TPSA) is 46.2 Å². The summed E-state index contributed by atoms with van der Waals surface area (Å²) in [4.78, 5) is 6.01. The Bertz CT molecular complexity index is 1240. The van der Waals surface area contributed by atoms with Crippen LogP contribution in [0.25, 0.3) is 16.5 Å². The van der Waals surface area contributed by atoms with Gasteiger partial charge in [0, 0.05) is 33.8 Å². The largest absolute Gasteiger partial charge is 0.497 e. The summed E-state index contributed by atoms with van der Waals surface area (Å²) in [5.74, 6) is 1.63. The number of pyridine rings is 1. The molecule has 0 unspecified atom stereocenters. The van der Waals surface area contributed by atoms with Gasteiger partial charge in [-0.25, -0.2) is 4.98 Å². The van der Waals surface area contributed by atoms with Crippen molar-refractivity contribution in [3.8, 4) is 5.75 Å². The molecule has 0 aliphatic heterocycles. The summed E-state index contributed by atoms with van der Waals surface area (Å²) in [6, 6.07) is 26.6. The zero-order valence-electron chi connectivity index (χ0n) is 18.4. The minimum Gasteiger partial charge on any atom is -0.497 e. The fourth-order valence-corrected chi connectivity index (χ4v) is 4.36. The van der Waals surface area contributed by atoms with E-state index < -0.39 is 0 Å². The molecule has 0 radical (unpaired) electrons. The van der Waals surface area contributed by atoms with Crippen LogP contribution >= 0.6 is 11.8 Å². The number of fused-ring (bicyclic) bond motifs is 1. The second kappa shape index (κ2) is 10.2. The third kappa shape index (κ3) is 5.06. The molecule has 3 aromatic carbocycles. The van der Waals surface area contributed by atoms with E-state index in [1.807, 2.05) is 42.5 Å².